The number of hydrogen-bond donors (Lipinski definition) is 1. The van der Waals surface area contributed by atoms with E-state index in [9.17, 15) is 4.79 Å². The van der Waals surface area contributed by atoms with Crippen LogP contribution in [0.5, 0.6) is 0 Å². The lowest BCUT2D eigenvalue weighted by molar-refractivity contribution is 0.0704. The topological polar surface area (TPSA) is 75.9 Å². The molecule has 0 bridgehead atoms. The van der Waals surface area contributed by atoms with E-state index >= 15 is 0 Å². The van der Waals surface area contributed by atoms with E-state index in [0.29, 0.717) is 11.6 Å². The third kappa shape index (κ3) is 2.98. The molecule has 0 unspecified atom stereocenters. The van der Waals surface area contributed by atoms with Gasteiger partial charge in [-0.1, -0.05) is 24.3 Å². The van der Waals surface area contributed by atoms with Crippen molar-refractivity contribution in [2.45, 2.75) is 31.8 Å². The molecule has 27 heavy (non-hydrogen) atoms. The summed E-state index contributed by atoms with van der Waals surface area (Å²) in [6.45, 7) is 4.15. The molecule has 2 aromatic heterocycles. The van der Waals surface area contributed by atoms with Gasteiger partial charge in [-0.15, -0.1) is 10.2 Å². The number of rotatable bonds is 2. The maximum absolute atomic E-state index is 12.9. The van der Waals surface area contributed by atoms with Gasteiger partial charge in [0.2, 0.25) is 0 Å². The summed E-state index contributed by atoms with van der Waals surface area (Å²) in [7, 11) is 0. The molecule has 0 saturated carbocycles. The van der Waals surface area contributed by atoms with Crippen LogP contribution in [0.1, 0.15) is 40.9 Å². The SMILES string of the molecule is O=C(c1ccc2ccccc2n1)N1CCC(c2nnc3n2CCNC3)CC1. The van der Waals surface area contributed by atoms with Crippen molar-refractivity contribution in [3.63, 3.8) is 0 Å². The summed E-state index contributed by atoms with van der Waals surface area (Å²) in [5, 5.41) is 13.1. The van der Waals surface area contributed by atoms with E-state index in [2.05, 4.69) is 25.1 Å². The molecule has 5 rings (SSSR count). The highest BCUT2D eigenvalue weighted by Gasteiger charge is 2.29. The zero-order valence-corrected chi connectivity index (χ0v) is 15.1. The first-order chi connectivity index (χ1) is 13.3. The Labute approximate surface area is 157 Å². The number of nitrogens with zero attached hydrogens (tertiary/aromatic N) is 5. The highest BCUT2D eigenvalue weighted by atomic mass is 16.2. The first-order valence-electron chi connectivity index (χ1n) is 9.57. The van der Waals surface area contributed by atoms with Gasteiger partial charge in [-0.05, 0) is 25.0 Å². The van der Waals surface area contributed by atoms with E-state index < -0.39 is 0 Å². The first kappa shape index (κ1) is 16.4. The smallest absolute Gasteiger partial charge is 0.272 e. The van der Waals surface area contributed by atoms with Crippen LogP contribution in [-0.4, -0.2) is 50.2 Å². The van der Waals surface area contributed by atoms with Crippen LogP contribution < -0.4 is 5.32 Å². The molecule has 138 valence electrons. The molecule has 0 radical (unpaired) electrons. The van der Waals surface area contributed by atoms with Gasteiger partial charge in [0.1, 0.15) is 17.3 Å². The van der Waals surface area contributed by atoms with Crippen LogP contribution in [0, 0.1) is 0 Å². The molecule has 3 aromatic rings. The molecule has 7 heteroatoms. The number of amides is 1. The van der Waals surface area contributed by atoms with Gasteiger partial charge in [0, 0.05) is 37.5 Å². The molecular formula is C20H22N6O. The highest BCUT2D eigenvalue weighted by Crippen LogP contribution is 2.28. The fourth-order valence-corrected chi connectivity index (χ4v) is 4.10. The third-order valence-electron chi connectivity index (χ3n) is 5.62. The van der Waals surface area contributed by atoms with Crippen LogP contribution >= 0.6 is 0 Å². The Morgan fingerprint density at radius 3 is 2.78 bits per heavy atom. The van der Waals surface area contributed by atoms with E-state index in [1.54, 1.807) is 0 Å². The van der Waals surface area contributed by atoms with Crippen molar-refractivity contribution >= 4 is 16.8 Å². The molecule has 7 nitrogen and oxygen atoms in total. The maximum Gasteiger partial charge on any atom is 0.272 e. The lowest BCUT2D eigenvalue weighted by Crippen LogP contribution is -2.39. The summed E-state index contributed by atoms with van der Waals surface area (Å²) in [4.78, 5) is 19.4. The summed E-state index contributed by atoms with van der Waals surface area (Å²) in [6, 6.07) is 11.7. The number of aromatic nitrogens is 4. The number of benzene rings is 1. The van der Waals surface area contributed by atoms with Gasteiger partial charge in [-0.2, -0.15) is 0 Å². The second kappa shape index (κ2) is 6.74. The molecule has 1 fully saturated rings. The number of piperidine rings is 1. The predicted octanol–water partition coefficient (Wildman–Crippen LogP) is 1.95. The number of fused-ring (bicyclic) bond motifs is 2. The molecule has 0 aliphatic carbocycles. The summed E-state index contributed by atoms with van der Waals surface area (Å²) >= 11 is 0. The first-order valence-corrected chi connectivity index (χ1v) is 9.57. The molecule has 1 N–H and O–H groups in total. The average Bonchev–Trinajstić information content (AvgIpc) is 3.17. The lowest BCUT2D eigenvalue weighted by Gasteiger charge is -2.32. The fourth-order valence-electron chi connectivity index (χ4n) is 4.10. The molecule has 1 aromatic carbocycles. The fraction of sp³-hybridized carbons (Fsp3) is 0.400. The van der Waals surface area contributed by atoms with Crippen molar-refractivity contribution in [2.24, 2.45) is 0 Å². The molecule has 1 saturated heterocycles. The van der Waals surface area contributed by atoms with Crippen LogP contribution in [0.15, 0.2) is 36.4 Å². The van der Waals surface area contributed by atoms with Crippen molar-refractivity contribution in [1.82, 2.24) is 30.0 Å². The van der Waals surface area contributed by atoms with Crippen LogP contribution in [0.3, 0.4) is 0 Å². The Kier molecular flexibility index (Phi) is 4.09. The largest absolute Gasteiger partial charge is 0.337 e. The summed E-state index contributed by atoms with van der Waals surface area (Å²) in [5.74, 6) is 2.50. The predicted molar refractivity (Wildman–Crippen MR) is 101 cm³/mol. The van der Waals surface area contributed by atoms with Gasteiger partial charge < -0.3 is 14.8 Å². The number of carbonyl (C=O) groups excluding carboxylic acids is 1. The Morgan fingerprint density at radius 2 is 1.89 bits per heavy atom. The normalized spacial score (nSPS) is 17.9. The molecular weight excluding hydrogens is 340 g/mol. The van der Waals surface area contributed by atoms with E-state index in [-0.39, 0.29) is 5.91 Å². The van der Waals surface area contributed by atoms with Gasteiger partial charge >= 0.3 is 0 Å². The molecule has 1 amide bonds. The Bertz CT molecular complexity index is 989. The molecule has 4 heterocycles. The van der Waals surface area contributed by atoms with Crippen molar-refractivity contribution in [3.05, 3.63) is 53.7 Å². The van der Waals surface area contributed by atoms with Crippen molar-refractivity contribution in [1.29, 1.82) is 0 Å². The molecule has 2 aliphatic heterocycles. The van der Waals surface area contributed by atoms with Gasteiger partial charge in [0.05, 0.1) is 12.1 Å². The minimum atomic E-state index is 0.0201. The average molecular weight is 362 g/mol. The quantitative estimate of drug-likeness (QED) is 0.754. The second-order valence-electron chi connectivity index (χ2n) is 7.26. The minimum absolute atomic E-state index is 0.0201. The summed E-state index contributed by atoms with van der Waals surface area (Å²) in [6.07, 6.45) is 1.84. The van der Waals surface area contributed by atoms with Crippen LogP contribution in [0.2, 0.25) is 0 Å². The second-order valence-corrected chi connectivity index (χ2v) is 7.26. The Hall–Kier alpha value is -2.80. The monoisotopic (exact) mass is 362 g/mol. The van der Waals surface area contributed by atoms with Crippen molar-refractivity contribution in [2.75, 3.05) is 19.6 Å². The van der Waals surface area contributed by atoms with Gasteiger partial charge in [-0.3, -0.25) is 4.79 Å². The molecule has 0 atom stereocenters. The minimum Gasteiger partial charge on any atom is -0.337 e. The molecule has 0 spiro atoms. The van der Waals surface area contributed by atoms with Gasteiger partial charge in [-0.25, -0.2) is 4.98 Å². The number of likely N-dealkylation sites (tertiary alicyclic amines) is 1. The van der Waals surface area contributed by atoms with Crippen LogP contribution in [-0.2, 0) is 13.1 Å². The summed E-state index contributed by atoms with van der Waals surface area (Å²) < 4.78 is 2.25. The zero-order valence-electron chi connectivity index (χ0n) is 15.1. The number of carbonyl (C=O) groups is 1. The lowest BCUT2D eigenvalue weighted by atomic mass is 9.95. The molecule has 2 aliphatic rings. The number of para-hydroxylation sites is 1. The number of hydrogen-bond acceptors (Lipinski definition) is 5. The van der Waals surface area contributed by atoms with Crippen molar-refractivity contribution < 1.29 is 4.79 Å². The standard InChI is InChI=1S/C20H22N6O/c27-20(17-6-5-14-3-1-2-4-16(14)22-17)25-10-7-15(8-11-25)19-24-23-18-13-21-9-12-26(18)19/h1-6,15,21H,7-13H2. The van der Waals surface area contributed by atoms with Crippen LogP contribution in [0.4, 0.5) is 0 Å². The number of pyridine rings is 1. The van der Waals surface area contributed by atoms with Crippen LogP contribution in [0.25, 0.3) is 10.9 Å². The zero-order chi connectivity index (χ0) is 18.2. The number of nitrogens with one attached hydrogen (secondary N) is 1. The summed E-state index contributed by atoms with van der Waals surface area (Å²) in [5.41, 5.74) is 1.39. The third-order valence-corrected chi connectivity index (χ3v) is 5.62. The van der Waals surface area contributed by atoms with E-state index in [0.717, 1.165) is 68.1 Å². The Balaban J connectivity index is 1.29. The van der Waals surface area contributed by atoms with E-state index in [1.807, 2.05) is 41.3 Å². The van der Waals surface area contributed by atoms with Gasteiger partial charge in [0.25, 0.3) is 5.91 Å². The van der Waals surface area contributed by atoms with Crippen molar-refractivity contribution in [3.8, 4) is 0 Å². The Morgan fingerprint density at radius 1 is 1.04 bits per heavy atom. The maximum atomic E-state index is 12.9. The van der Waals surface area contributed by atoms with E-state index in [1.165, 1.54) is 0 Å². The van der Waals surface area contributed by atoms with E-state index in [4.69, 9.17) is 0 Å². The van der Waals surface area contributed by atoms with Gasteiger partial charge in [0.15, 0.2) is 0 Å². The highest BCUT2D eigenvalue weighted by molar-refractivity contribution is 5.95.